The molecule has 2 heterocycles. The maximum Gasteiger partial charge on any atom is 0.246 e. The number of thiazole rings is 1. The third-order valence-corrected chi connectivity index (χ3v) is 6.88. The summed E-state index contributed by atoms with van der Waals surface area (Å²) in [5, 5.41) is 5.14. The molecule has 0 unspecified atom stereocenters. The smallest absolute Gasteiger partial charge is 0.246 e. The normalized spacial score (nSPS) is 16.3. The molecule has 0 saturated carbocycles. The highest BCUT2D eigenvalue weighted by Crippen LogP contribution is 2.30. The number of benzene rings is 1. The number of nitrogens with zero attached hydrogens (tertiary/aromatic N) is 2. The van der Waals surface area contributed by atoms with Crippen molar-refractivity contribution in [2.75, 3.05) is 25.0 Å². The summed E-state index contributed by atoms with van der Waals surface area (Å²) >= 11 is 1.36. The van der Waals surface area contributed by atoms with E-state index in [1.165, 1.54) is 15.6 Å². The fraction of sp³-hybridized carbons (Fsp3) is 0.412. The van der Waals surface area contributed by atoms with E-state index in [1.54, 1.807) is 35.8 Å². The van der Waals surface area contributed by atoms with Crippen molar-refractivity contribution in [2.24, 2.45) is 5.92 Å². The molecule has 1 saturated heterocycles. The lowest BCUT2D eigenvalue weighted by Crippen LogP contribution is -2.41. The summed E-state index contributed by atoms with van der Waals surface area (Å²) in [6, 6.07) is 6.65. The highest BCUT2D eigenvalue weighted by Gasteiger charge is 2.33. The monoisotopic (exact) mass is 395 g/mol. The largest absolute Gasteiger partial charge is 0.492 e. The van der Waals surface area contributed by atoms with Gasteiger partial charge in [0.05, 0.1) is 6.61 Å². The van der Waals surface area contributed by atoms with E-state index in [9.17, 15) is 13.2 Å². The number of hydrogen-bond acceptors (Lipinski definition) is 6. The lowest BCUT2D eigenvalue weighted by atomic mass is 9.97. The van der Waals surface area contributed by atoms with Crippen LogP contribution in [0.4, 0.5) is 5.13 Å². The molecular formula is C17H21N3O4S2. The zero-order chi connectivity index (χ0) is 18.6. The Morgan fingerprint density at radius 3 is 2.73 bits per heavy atom. The SMILES string of the molecule is CCOc1ccccc1S(=O)(=O)N1CCC(C(=O)Nc2nccs2)CC1. The van der Waals surface area contributed by atoms with Gasteiger partial charge in [-0.3, -0.25) is 4.79 Å². The summed E-state index contributed by atoms with van der Waals surface area (Å²) in [4.78, 5) is 16.5. The Morgan fingerprint density at radius 1 is 1.35 bits per heavy atom. The molecule has 1 aromatic carbocycles. The second-order valence-electron chi connectivity index (χ2n) is 5.88. The van der Waals surface area contributed by atoms with E-state index in [0.29, 0.717) is 43.4 Å². The highest BCUT2D eigenvalue weighted by atomic mass is 32.2. The quantitative estimate of drug-likeness (QED) is 0.812. The molecule has 3 rings (SSSR count). The molecule has 1 aliphatic rings. The van der Waals surface area contributed by atoms with Gasteiger partial charge in [0.1, 0.15) is 10.6 Å². The number of aromatic nitrogens is 1. The van der Waals surface area contributed by atoms with Crippen molar-refractivity contribution >= 4 is 32.4 Å². The van der Waals surface area contributed by atoms with Gasteiger partial charge in [-0.25, -0.2) is 13.4 Å². The lowest BCUT2D eigenvalue weighted by molar-refractivity contribution is -0.120. The zero-order valence-corrected chi connectivity index (χ0v) is 16.1. The minimum absolute atomic E-state index is 0.105. The minimum atomic E-state index is -3.65. The molecule has 1 fully saturated rings. The Bertz CT molecular complexity index is 845. The van der Waals surface area contributed by atoms with Crippen LogP contribution in [0.25, 0.3) is 0 Å². The molecule has 1 amide bonds. The Morgan fingerprint density at radius 2 is 2.08 bits per heavy atom. The Labute approximate surface area is 157 Å². The van der Waals surface area contributed by atoms with Crippen molar-refractivity contribution in [1.29, 1.82) is 0 Å². The molecule has 7 nitrogen and oxygen atoms in total. The number of amides is 1. The van der Waals surface area contributed by atoms with Crippen molar-refractivity contribution in [1.82, 2.24) is 9.29 Å². The second-order valence-corrected chi connectivity index (χ2v) is 8.69. The summed E-state index contributed by atoms with van der Waals surface area (Å²) in [6.07, 6.45) is 2.59. The molecule has 0 aliphatic carbocycles. The first-order chi connectivity index (χ1) is 12.5. The van der Waals surface area contributed by atoms with E-state index < -0.39 is 10.0 Å². The molecule has 0 radical (unpaired) electrons. The molecule has 0 spiro atoms. The fourth-order valence-electron chi connectivity index (χ4n) is 2.93. The van der Waals surface area contributed by atoms with Crippen LogP contribution < -0.4 is 10.1 Å². The van der Waals surface area contributed by atoms with Crippen LogP contribution in [0.5, 0.6) is 5.75 Å². The maximum atomic E-state index is 13.0. The van der Waals surface area contributed by atoms with Crippen LogP contribution in [0.3, 0.4) is 0 Å². The first kappa shape index (κ1) is 18.8. The van der Waals surface area contributed by atoms with E-state index in [2.05, 4.69) is 10.3 Å². The number of carbonyl (C=O) groups is 1. The van der Waals surface area contributed by atoms with Crippen molar-refractivity contribution in [3.8, 4) is 5.75 Å². The average Bonchev–Trinajstić information content (AvgIpc) is 3.15. The summed E-state index contributed by atoms with van der Waals surface area (Å²) in [5.41, 5.74) is 0. The van der Waals surface area contributed by atoms with Crippen LogP contribution in [0.1, 0.15) is 19.8 Å². The van der Waals surface area contributed by atoms with Gasteiger partial charge in [-0.15, -0.1) is 11.3 Å². The van der Waals surface area contributed by atoms with Crippen molar-refractivity contribution < 1.29 is 17.9 Å². The van der Waals surface area contributed by atoms with Gasteiger partial charge in [-0.05, 0) is 31.9 Å². The minimum Gasteiger partial charge on any atom is -0.492 e. The Balaban J connectivity index is 1.66. The van der Waals surface area contributed by atoms with Gasteiger partial charge in [0.2, 0.25) is 15.9 Å². The van der Waals surface area contributed by atoms with Gasteiger partial charge < -0.3 is 10.1 Å². The Hall–Kier alpha value is -1.97. The molecule has 140 valence electrons. The van der Waals surface area contributed by atoms with E-state index in [-0.39, 0.29) is 16.7 Å². The topological polar surface area (TPSA) is 88.6 Å². The average molecular weight is 396 g/mol. The number of rotatable bonds is 6. The molecule has 1 N–H and O–H groups in total. The number of para-hydroxylation sites is 1. The molecule has 1 aliphatic heterocycles. The van der Waals surface area contributed by atoms with Gasteiger partial charge in [-0.2, -0.15) is 4.31 Å². The van der Waals surface area contributed by atoms with Gasteiger partial charge in [-0.1, -0.05) is 12.1 Å². The number of ether oxygens (including phenoxy) is 1. The van der Waals surface area contributed by atoms with Crippen molar-refractivity contribution in [3.05, 3.63) is 35.8 Å². The first-order valence-electron chi connectivity index (χ1n) is 8.44. The number of anilines is 1. The zero-order valence-electron chi connectivity index (χ0n) is 14.4. The van der Waals surface area contributed by atoms with Gasteiger partial charge in [0.15, 0.2) is 5.13 Å². The second kappa shape index (κ2) is 8.15. The molecule has 1 aromatic heterocycles. The number of hydrogen-bond donors (Lipinski definition) is 1. The molecular weight excluding hydrogens is 374 g/mol. The number of piperidine rings is 1. The van der Waals surface area contributed by atoms with E-state index in [0.717, 1.165) is 0 Å². The summed E-state index contributed by atoms with van der Waals surface area (Å²) < 4.78 is 32.8. The van der Waals surface area contributed by atoms with Crippen LogP contribution in [0, 0.1) is 5.92 Å². The third-order valence-electron chi connectivity index (χ3n) is 4.25. The number of nitrogens with one attached hydrogen (secondary N) is 1. The molecule has 2 aromatic rings. The third kappa shape index (κ3) is 4.05. The predicted molar refractivity (Wildman–Crippen MR) is 99.8 cm³/mol. The maximum absolute atomic E-state index is 13.0. The summed E-state index contributed by atoms with van der Waals surface area (Å²) in [5.74, 6) is 0.0397. The van der Waals surface area contributed by atoms with Crippen LogP contribution in [0.15, 0.2) is 40.7 Å². The molecule has 0 bridgehead atoms. The number of carbonyl (C=O) groups excluding carboxylic acids is 1. The molecule has 0 atom stereocenters. The van der Waals surface area contributed by atoms with Crippen molar-refractivity contribution in [2.45, 2.75) is 24.7 Å². The first-order valence-corrected chi connectivity index (χ1v) is 10.8. The van der Waals surface area contributed by atoms with Gasteiger partial charge >= 0.3 is 0 Å². The van der Waals surface area contributed by atoms with Crippen LogP contribution in [-0.4, -0.2) is 43.3 Å². The Kier molecular flexibility index (Phi) is 5.90. The van der Waals surface area contributed by atoms with Gasteiger partial charge in [0, 0.05) is 30.6 Å². The summed E-state index contributed by atoms with van der Waals surface area (Å²) in [6.45, 7) is 2.82. The summed E-state index contributed by atoms with van der Waals surface area (Å²) in [7, 11) is -3.65. The lowest BCUT2D eigenvalue weighted by Gasteiger charge is -2.30. The van der Waals surface area contributed by atoms with E-state index in [4.69, 9.17) is 4.74 Å². The molecule has 9 heteroatoms. The van der Waals surface area contributed by atoms with Crippen LogP contribution in [-0.2, 0) is 14.8 Å². The van der Waals surface area contributed by atoms with Crippen molar-refractivity contribution in [3.63, 3.8) is 0 Å². The van der Waals surface area contributed by atoms with E-state index >= 15 is 0 Å². The van der Waals surface area contributed by atoms with E-state index in [1.807, 2.05) is 6.92 Å². The predicted octanol–water partition coefficient (Wildman–Crippen LogP) is 2.58. The van der Waals surface area contributed by atoms with Gasteiger partial charge in [0.25, 0.3) is 0 Å². The highest BCUT2D eigenvalue weighted by molar-refractivity contribution is 7.89. The standard InChI is InChI=1S/C17H21N3O4S2/c1-2-24-14-5-3-4-6-15(14)26(22,23)20-10-7-13(8-11-20)16(21)19-17-18-9-12-25-17/h3-6,9,12-13H,2,7-8,10-11H2,1H3,(H,18,19,21). The fourth-order valence-corrected chi connectivity index (χ4v) is 5.06. The van der Waals surface area contributed by atoms with Crippen LogP contribution in [0.2, 0.25) is 0 Å². The number of sulfonamides is 1. The van der Waals surface area contributed by atoms with Crippen LogP contribution >= 0.6 is 11.3 Å². The molecule has 26 heavy (non-hydrogen) atoms.